The van der Waals surface area contributed by atoms with E-state index in [2.05, 4.69) is 4.90 Å². The number of hydrogen-bond acceptors (Lipinski definition) is 4. The Hall–Kier alpha value is -2.11. The number of carboxylic acids is 1. The minimum atomic E-state index is -0.770. The Kier molecular flexibility index (Phi) is 3.99. The van der Waals surface area contributed by atoms with Crippen LogP contribution in [0.4, 0.5) is 11.4 Å². The van der Waals surface area contributed by atoms with E-state index in [1.165, 1.54) is 6.07 Å². The van der Waals surface area contributed by atoms with E-state index in [0.29, 0.717) is 12.3 Å². The molecule has 0 amide bonds. The molecule has 0 aromatic heterocycles. The second-order valence-corrected chi connectivity index (χ2v) is 4.81. The molecule has 19 heavy (non-hydrogen) atoms. The van der Waals surface area contributed by atoms with Crippen molar-refractivity contribution in [3.05, 3.63) is 34.4 Å². The van der Waals surface area contributed by atoms with Crippen molar-refractivity contribution in [2.24, 2.45) is 5.92 Å². The van der Waals surface area contributed by atoms with Gasteiger partial charge in [-0.1, -0.05) is 6.07 Å². The highest BCUT2D eigenvalue weighted by atomic mass is 16.6. The molecule has 1 saturated heterocycles. The van der Waals surface area contributed by atoms with Crippen LogP contribution in [-0.4, -0.2) is 29.1 Å². The van der Waals surface area contributed by atoms with E-state index in [-0.39, 0.29) is 12.1 Å². The summed E-state index contributed by atoms with van der Waals surface area (Å²) in [5.74, 6) is -0.413. The van der Waals surface area contributed by atoms with E-state index in [4.69, 9.17) is 5.11 Å². The van der Waals surface area contributed by atoms with Gasteiger partial charge in [0.1, 0.15) is 0 Å². The fourth-order valence-electron chi connectivity index (χ4n) is 2.43. The van der Waals surface area contributed by atoms with Gasteiger partial charge in [0.05, 0.1) is 4.92 Å². The summed E-state index contributed by atoms with van der Waals surface area (Å²) in [6.07, 6.45) is 1.80. The number of nitrogens with zero attached hydrogens (tertiary/aromatic N) is 2. The molecule has 0 radical (unpaired) electrons. The number of nitro groups is 1. The SMILES string of the molecule is O=C(O)CCC1CCN(c2cccc([N+](=O)[O-])c2)C1. The number of non-ortho nitro benzene ring substituents is 1. The smallest absolute Gasteiger partial charge is 0.303 e. The van der Waals surface area contributed by atoms with E-state index >= 15 is 0 Å². The van der Waals surface area contributed by atoms with E-state index < -0.39 is 10.9 Å². The van der Waals surface area contributed by atoms with Gasteiger partial charge in [0.15, 0.2) is 0 Å². The quantitative estimate of drug-likeness (QED) is 0.651. The van der Waals surface area contributed by atoms with Gasteiger partial charge in [0.2, 0.25) is 0 Å². The summed E-state index contributed by atoms with van der Waals surface area (Å²) in [6.45, 7) is 1.60. The first-order valence-corrected chi connectivity index (χ1v) is 6.27. The van der Waals surface area contributed by atoms with Gasteiger partial charge < -0.3 is 10.0 Å². The van der Waals surface area contributed by atoms with Gasteiger partial charge in [-0.15, -0.1) is 0 Å². The van der Waals surface area contributed by atoms with Gasteiger partial charge in [0, 0.05) is 37.3 Å². The van der Waals surface area contributed by atoms with E-state index in [1.807, 2.05) is 6.07 Å². The zero-order valence-corrected chi connectivity index (χ0v) is 10.5. The molecule has 1 aromatic carbocycles. The summed E-state index contributed by atoms with van der Waals surface area (Å²) in [4.78, 5) is 23.0. The Morgan fingerprint density at radius 2 is 2.32 bits per heavy atom. The molecule has 1 N–H and O–H groups in total. The Morgan fingerprint density at radius 3 is 3.00 bits per heavy atom. The van der Waals surface area contributed by atoms with E-state index in [0.717, 1.165) is 25.2 Å². The Bertz CT molecular complexity index is 489. The first-order chi connectivity index (χ1) is 9.06. The van der Waals surface area contributed by atoms with E-state index in [1.54, 1.807) is 12.1 Å². The van der Waals surface area contributed by atoms with Crippen LogP contribution >= 0.6 is 0 Å². The molecule has 2 rings (SSSR count). The second-order valence-electron chi connectivity index (χ2n) is 4.81. The zero-order chi connectivity index (χ0) is 13.8. The fourth-order valence-corrected chi connectivity index (χ4v) is 2.43. The minimum Gasteiger partial charge on any atom is -0.481 e. The van der Waals surface area contributed by atoms with Crippen molar-refractivity contribution in [2.75, 3.05) is 18.0 Å². The minimum absolute atomic E-state index is 0.0893. The number of anilines is 1. The van der Waals surface area contributed by atoms with Gasteiger partial charge >= 0.3 is 5.97 Å². The highest BCUT2D eigenvalue weighted by Gasteiger charge is 2.24. The maximum absolute atomic E-state index is 10.7. The highest BCUT2D eigenvalue weighted by Crippen LogP contribution is 2.28. The van der Waals surface area contributed by atoms with Crippen molar-refractivity contribution in [3.63, 3.8) is 0 Å². The molecule has 6 heteroatoms. The van der Waals surface area contributed by atoms with Crippen LogP contribution in [0.3, 0.4) is 0 Å². The topological polar surface area (TPSA) is 83.7 Å². The summed E-state index contributed by atoms with van der Waals surface area (Å²) >= 11 is 0. The van der Waals surface area contributed by atoms with Crippen LogP contribution in [0, 0.1) is 16.0 Å². The third-order valence-corrected chi connectivity index (χ3v) is 3.46. The van der Waals surface area contributed by atoms with Crippen molar-refractivity contribution in [1.29, 1.82) is 0 Å². The van der Waals surface area contributed by atoms with Crippen molar-refractivity contribution >= 4 is 17.3 Å². The highest BCUT2D eigenvalue weighted by molar-refractivity contribution is 5.66. The summed E-state index contributed by atoms with van der Waals surface area (Å²) in [6, 6.07) is 6.58. The summed E-state index contributed by atoms with van der Waals surface area (Å²) < 4.78 is 0. The van der Waals surface area contributed by atoms with Crippen LogP contribution in [0.25, 0.3) is 0 Å². The molecule has 1 unspecified atom stereocenters. The van der Waals surface area contributed by atoms with Crippen LogP contribution in [0.2, 0.25) is 0 Å². The van der Waals surface area contributed by atoms with Crippen molar-refractivity contribution in [3.8, 4) is 0 Å². The molecule has 6 nitrogen and oxygen atoms in total. The molecule has 0 spiro atoms. The molecule has 1 aromatic rings. The van der Waals surface area contributed by atoms with Gasteiger partial charge in [0.25, 0.3) is 5.69 Å². The lowest BCUT2D eigenvalue weighted by molar-refractivity contribution is -0.384. The Labute approximate surface area is 110 Å². The molecule has 1 fully saturated rings. The zero-order valence-electron chi connectivity index (χ0n) is 10.5. The molecule has 0 saturated carbocycles. The molecule has 102 valence electrons. The molecule has 1 atom stereocenters. The third kappa shape index (κ3) is 3.43. The van der Waals surface area contributed by atoms with Gasteiger partial charge in [-0.25, -0.2) is 0 Å². The van der Waals surface area contributed by atoms with Crippen LogP contribution in [0.15, 0.2) is 24.3 Å². The molecule has 1 aliphatic rings. The number of aliphatic carboxylic acids is 1. The number of rotatable bonds is 5. The Balaban J connectivity index is 1.98. The molecule has 1 aliphatic heterocycles. The second kappa shape index (κ2) is 5.69. The molecule has 0 bridgehead atoms. The van der Waals surface area contributed by atoms with Gasteiger partial charge in [-0.05, 0) is 24.8 Å². The normalized spacial score (nSPS) is 18.5. The molecular weight excluding hydrogens is 248 g/mol. The fraction of sp³-hybridized carbons (Fsp3) is 0.462. The predicted octanol–water partition coefficient (Wildman–Crippen LogP) is 2.29. The first kappa shape index (κ1) is 13.3. The first-order valence-electron chi connectivity index (χ1n) is 6.27. The monoisotopic (exact) mass is 264 g/mol. The van der Waals surface area contributed by atoms with Crippen LogP contribution in [0.5, 0.6) is 0 Å². The average molecular weight is 264 g/mol. The molecule has 1 heterocycles. The predicted molar refractivity (Wildman–Crippen MR) is 70.3 cm³/mol. The number of carbonyl (C=O) groups is 1. The van der Waals surface area contributed by atoms with Crippen LogP contribution in [0.1, 0.15) is 19.3 Å². The van der Waals surface area contributed by atoms with E-state index in [9.17, 15) is 14.9 Å². The van der Waals surface area contributed by atoms with Gasteiger partial charge in [-0.2, -0.15) is 0 Å². The third-order valence-electron chi connectivity index (χ3n) is 3.46. The maximum Gasteiger partial charge on any atom is 0.303 e. The standard InChI is InChI=1S/C13H16N2O4/c16-13(17)5-4-10-6-7-14(9-10)11-2-1-3-12(8-11)15(18)19/h1-3,8,10H,4-7,9H2,(H,16,17). The van der Waals surface area contributed by atoms with Crippen LogP contribution < -0.4 is 4.90 Å². The maximum atomic E-state index is 10.7. The lowest BCUT2D eigenvalue weighted by atomic mass is 10.0. The molecule has 0 aliphatic carbocycles. The number of carboxylic acid groups (broad SMARTS) is 1. The molecular formula is C13H16N2O4. The average Bonchev–Trinajstić information content (AvgIpc) is 2.85. The van der Waals surface area contributed by atoms with Gasteiger partial charge in [-0.3, -0.25) is 14.9 Å². The van der Waals surface area contributed by atoms with Crippen molar-refractivity contribution in [2.45, 2.75) is 19.3 Å². The summed E-state index contributed by atoms with van der Waals surface area (Å²) in [7, 11) is 0. The summed E-state index contributed by atoms with van der Waals surface area (Å²) in [5, 5.41) is 19.4. The lowest BCUT2D eigenvalue weighted by Crippen LogP contribution is -2.19. The number of hydrogen-bond donors (Lipinski definition) is 1. The van der Waals surface area contributed by atoms with Crippen molar-refractivity contribution < 1.29 is 14.8 Å². The largest absolute Gasteiger partial charge is 0.481 e. The lowest BCUT2D eigenvalue weighted by Gasteiger charge is -2.18. The Morgan fingerprint density at radius 1 is 1.53 bits per heavy atom. The number of benzene rings is 1. The van der Waals surface area contributed by atoms with Crippen LogP contribution in [-0.2, 0) is 4.79 Å². The van der Waals surface area contributed by atoms with Crippen molar-refractivity contribution in [1.82, 2.24) is 0 Å². The summed E-state index contributed by atoms with van der Waals surface area (Å²) in [5.41, 5.74) is 0.929. The number of nitro benzene ring substituents is 1.